The van der Waals surface area contributed by atoms with Gasteiger partial charge in [-0.3, -0.25) is 0 Å². The van der Waals surface area contributed by atoms with Crippen molar-refractivity contribution in [1.82, 2.24) is 15.2 Å². The summed E-state index contributed by atoms with van der Waals surface area (Å²) in [6.07, 6.45) is 4.38. The maximum atomic E-state index is 4.27. The summed E-state index contributed by atoms with van der Waals surface area (Å²) in [7, 11) is 0. The van der Waals surface area contributed by atoms with Crippen molar-refractivity contribution in [3.8, 4) is 0 Å². The van der Waals surface area contributed by atoms with Crippen LogP contribution in [-0.4, -0.2) is 35.6 Å². The molecule has 1 N–H and O–H groups in total. The molecule has 98 valence electrons. The third-order valence-electron chi connectivity index (χ3n) is 3.09. The van der Waals surface area contributed by atoms with E-state index in [-0.39, 0.29) is 0 Å². The number of thiazole rings is 1. The van der Waals surface area contributed by atoms with E-state index in [0.29, 0.717) is 6.04 Å². The Bertz CT molecular complexity index is 270. The average molecular weight is 255 g/mol. The summed E-state index contributed by atoms with van der Waals surface area (Å²) in [4.78, 5) is 6.75. The molecule has 3 nitrogen and oxygen atoms in total. The first-order chi connectivity index (χ1) is 8.26. The molecule has 0 aliphatic carbocycles. The van der Waals surface area contributed by atoms with E-state index in [1.807, 2.05) is 11.6 Å². The molecule has 1 unspecified atom stereocenters. The summed E-state index contributed by atoms with van der Waals surface area (Å²) in [6, 6.07) is 0.578. The third-order valence-corrected chi connectivity index (χ3v) is 3.87. The normalized spacial score (nSPS) is 13.2. The molecule has 1 aromatic rings. The summed E-state index contributed by atoms with van der Waals surface area (Å²) in [6.45, 7) is 11.2. The van der Waals surface area contributed by atoms with Gasteiger partial charge in [-0.05, 0) is 39.4 Å². The Hall–Kier alpha value is -0.450. The van der Waals surface area contributed by atoms with Gasteiger partial charge in [-0.25, -0.2) is 4.98 Å². The van der Waals surface area contributed by atoms with Gasteiger partial charge < -0.3 is 10.2 Å². The number of nitrogens with zero attached hydrogens (tertiary/aromatic N) is 2. The van der Waals surface area contributed by atoms with E-state index in [1.165, 1.54) is 24.4 Å². The molecule has 0 saturated carbocycles. The van der Waals surface area contributed by atoms with Gasteiger partial charge in [-0.2, -0.15) is 0 Å². The minimum Gasteiger partial charge on any atom is -0.308 e. The lowest BCUT2D eigenvalue weighted by atomic mass is 10.2. The Labute approximate surface area is 109 Å². The van der Waals surface area contributed by atoms with Crippen molar-refractivity contribution in [2.45, 2.75) is 46.2 Å². The van der Waals surface area contributed by atoms with Crippen LogP contribution in [0.5, 0.6) is 0 Å². The van der Waals surface area contributed by atoms with Crippen molar-refractivity contribution in [2.24, 2.45) is 0 Å². The SMILES string of the molecule is CCN(CC)CCCC(C)NCc1nccs1. The fourth-order valence-electron chi connectivity index (χ4n) is 1.86. The molecule has 0 fully saturated rings. The van der Waals surface area contributed by atoms with Crippen LogP contribution in [0, 0.1) is 0 Å². The number of hydrogen-bond acceptors (Lipinski definition) is 4. The van der Waals surface area contributed by atoms with Crippen molar-refractivity contribution in [3.63, 3.8) is 0 Å². The molecule has 0 saturated heterocycles. The van der Waals surface area contributed by atoms with Crippen LogP contribution >= 0.6 is 11.3 Å². The van der Waals surface area contributed by atoms with Gasteiger partial charge in [0.1, 0.15) is 5.01 Å². The molecule has 1 atom stereocenters. The second-order valence-corrected chi connectivity index (χ2v) is 5.36. The minimum absolute atomic E-state index is 0.578. The Morgan fingerprint density at radius 3 is 2.76 bits per heavy atom. The van der Waals surface area contributed by atoms with Crippen LogP contribution in [0.1, 0.15) is 38.6 Å². The summed E-state index contributed by atoms with van der Waals surface area (Å²) in [5.74, 6) is 0. The fraction of sp³-hybridized carbons (Fsp3) is 0.769. The quantitative estimate of drug-likeness (QED) is 0.735. The van der Waals surface area contributed by atoms with Gasteiger partial charge in [0.25, 0.3) is 0 Å². The first kappa shape index (κ1) is 14.6. The van der Waals surface area contributed by atoms with Crippen LogP contribution in [0.3, 0.4) is 0 Å². The Morgan fingerprint density at radius 1 is 1.41 bits per heavy atom. The molecule has 0 bridgehead atoms. The van der Waals surface area contributed by atoms with E-state index in [1.54, 1.807) is 11.3 Å². The van der Waals surface area contributed by atoms with E-state index in [0.717, 1.165) is 19.6 Å². The lowest BCUT2D eigenvalue weighted by molar-refractivity contribution is 0.290. The summed E-state index contributed by atoms with van der Waals surface area (Å²) < 4.78 is 0. The highest BCUT2D eigenvalue weighted by Gasteiger charge is 2.04. The highest BCUT2D eigenvalue weighted by molar-refractivity contribution is 7.09. The monoisotopic (exact) mass is 255 g/mol. The van der Waals surface area contributed by atoms with Crippen molar-refractivity contribution in [1.29, 1.82) is 0 Å². The molecule has 1 aromatic heterocycles. The molecule has 0 amide bonds. The zero-order valence-electron chi connectivity index (χ0n) is 11.3. The molecular formula is C13H25N3S. The number of hydrogen-bond donors (Lipinski definition) is 1. The van der Waals surface area contributed by atoms with E-state index in [4.69, 9.17) is 0 Å². The molecule has 0 radical (unpaired) electrons. The molecule has 0 aliphatic heterocycles. The molecule has 0 spiro atoms. The lowest BCUT2D eigenvalue weighted by Gasteiger charge is -2.19. The van der Waals surface area contributed by atoms with Crippen LogP contribution in [0.4, 0.5) is 0 Å². The van der Waals surface area contributed by atoms with Gasteiger partial charge in [-0.15, -0.1) is 11.3 Å². The Morgan fingerprint density at radius 2 is 2.18 bits per heavy atom. The van der Waals surface area contributed by atoms with Crippen LogP contribution in [0.15, 0.2) is 11.6 Å². The van der Waals surface area contributed by atoms with Gasteiger partial charge >= 0.3 is 0 Å². The topological polar surface area (TPSA) is 28.2 Å². The van der Waals surface area contributed by atoms with Crippen molar-refractivity contribution < 1.29 is 0 Å². The maximum absolute atomic E-state index is 4.27. The predicted octanol–water partition coefficient (Wildman–Crippen LogP) is 2.74. The number of nitrogens with one attached hydrogen (secondary N) is 1. The first-order valence-electron chi connectivity index (χ1n) is 6.60. The third kappa shape index (κ3) is 6.15. The Kier molecular flexibility index (Phi) is 7.40. The van der Waals surface area contributed by atoms with Crippen LogP contribution in [0.25, 0.3) is 0 Å². The van der Waals surface area contributed by atoms with Crippen molar-refractivity contribution >= 4 is 11.3 Å². The smallest absolute Gasteiger partial charge is 0.106 e. The molecule has 1 heterocycles. The van der Waals surface area contributed by atoms with Crippen LogP contribution in [-0.2, 0) is 6.54 Å². The summed E-state index contributed by atoms with van der Waals surface area (Å²) in [5.41, 5.74) is 0. The van der Waals surface area contributed by atoms with Gasteiger partial charge in [0.05, 0.1) is 0 Å². The predicted molar refractivity (Wildman–Crippen MR) is 75.4 cm³/mol. The van der Waals surface area contributed by atoms with E-state index in [2.05, 4.69) is 36.0 Å². The second kappa shape index (κ2) is 8.61. The molecular weight excluding hydrogens is 230 g/mol. The minimum atomic E-state index is 0.578. The van der Waals surface area contributed by atoms with Crippen LogP contribution in [0.2, 0.25) is 0 Å². The zero-order chi connectivity index (χ0) is 12.5. The highest BCUT2D eigenvalue weighted by Crippen LogP contribution is 2.05. The van der Waals surface area contributed by atoms with Gasteiger partial charge in [0.2, 0.25) is 0 Å². The highest BCUT2D eigenvalue weighted by atomic mass is 32.1. The molecule has 0 aliphatic rings. The average Bonchev–Trinajstić information content (AvgIpc) is 2.85. The van der Waals surface area contributed by atoms with E-state index in [9.17, 15) is 0 Å². The van der Waals surface area contributed by atoms with Gasteiger partial charge in [0.15, 0.2) is 0 Å². The number of aromatic nitrogens is 1. The first-order valence-corrected chi connectivity index (χ1v) is 7.48. The van der Waals surface area contributed by atoms with Gasteiger partial charge in [-0.1, -0.05) is 13.8 Å². The summed E-state index contributed by atoms with van der Waals surface area (Å²) in [5, 5.41) is 6.74. The molecule has 0 aromatic carbocycles. The van der Waals surface area contributed by atoms with Crippen LogP contribution < -0.4 is 5.32 Å². The van der Waals surface area contributed by atoms with Gasteiger partial charge in [0, 0.05) is 24.2 Å². The molecule has 4 heteroatoms. The van der Waals surface area contributed by atoms with Crippen molar-refractivity contribution in [2.75, 3.05) is 19.6 Å². The maximum Gasteiger partial charge on any atom is 0.106 e. The zero-order valence-corrected chi connectivity index (χ0v) is 12.1. The van der Waals surface area contributed by atoms with Crippen molar-refractivity contribution in [3.05, 3.63) is 16.6 Å². The standard InChI is InChI=1S/C13H25N3S/c1-4-16(5-2)9-6-7-12(3)15-11-13-14-8-10-17-13/h8,10,12,15H,4-7,9,11H2,1-3H3. The molecule has 17 heavy (non-hydrogen) atoms. The number of rotatable bonds is 9. The molecule has 1 rings (SSSR count). The lowest BCUT2D eigenvalue weighted by Crippen LogP contribution is -2.28. The second-order valence-electron chi connectivity index (χ2n) is 4.38. The summed E-state index contributed by atoms with van der Waals surface area (Å²) >= 11 is 1.72. The fourth-order valence-corrected chi connectivity index (χ4v) is 2.43. The Balaban J connectivity index is 2.06. The van der Waals surface area contributed by atoms with E-state index >= 15 is 0 Å². The largest absolute Gasteiger partial charge is 0.308 e. The van der Waals surface area contributed by atoms with E-state index < -0.39 is 0 Å².